The van der Waals surface area contributed by atoms with Crippen molar-refractivity contribution in [1.29, 1.82) is 0 Å². The minimum absolute atomic E-state index is 0.0950. The summed E-state index contributed by atoms with van der Waals surface area (Å²) in [5.41, 5.74) is 5.46. The van der Waals surface area contributed by atoms with E-state index in [-0.39, 0.29) is 50.3 Å². The molecule has 56 heavy (non-hydrogen) atoms. The molecule has 0 bridgehead atoms. The van der Waals surface area contributed by atoms with Gasteiger partial charge in [-0.2, -0.15) is 0 Å². The summed E-state index contributed by atoms with van der Waals surface area (Å²) in [6.45, 7) is 8.66. The summed E-state index contributed by atoms with van der Waals surface area (Å²) < 4.78 is 31.9. The van der Waals surface area contributed by atoms with E-state index in [0.29, 0.717) is 47.8 Å². The Morgan fingerprint density at radius 3 is 2.43 bits per heavy atom. The third-order valence-electron chi connectivity index (χ3n) is 12.0. The summed E-state index contributed by atoms with van der Waals surface area (Å²) in [6, 6.07) is 16.6. The lowest BCUT2D eigenvalue weighted by Crippen LogP contribution is -2.69. The van der Waals surface area contributed by atoms with Crippen LogP contribution in [0.3, 0.4) is 0 Å². The third-order valence-corrected chi connectivity index (χ3v) is 12.0. The molecule has 3 aromatic carbocycles. The molecule has 6 atom stereocenters. The number of aliphatic hydroxyl groups is 2. The molecule has 11 nitrogen and oxygen atoms in total. The van der Waals surface area contributed by atoms with Crippen LogP contribution in [0, 0.1) is 31.6 Å². The Morgan fingerprint density at radius 1 is 0.946 bits per heavy atom. The maximum atomic E-state index is 14.5. The number of allylic oxidation sites excluding steroid dienone is 1. The van der Waals surface area contributed by atoms with Gasteiger partial charge in [-0.15, -0.1) is 6.58 Å². The number of oxime groups is 1. The van der Waals surface area contributed by atoms with Gasteiger partial charge in [-0.3, -0.25) is 4.79 Å². The van der Waals surface area contributed by atoms with Crippen LogP contribution in [0.5, 0.6) is 28.7 Å². The number of rotatable bonds is 16. The van der Waals surface area contributed by atoms with E-state index >= 15 is 0 Å². The second kappa shape index (κ2) is 17.1. The fourth-order valence-electron chi connectivity index (χ4n) is 9.19. The Morgan fingerprint density at radius 2 is 1.68 bits per heavy atom. The summed E-state index contributed by atoms with van der Waals surface area (Å²) in [4.78, 5) is 21.8. The zero-order valence-corrected chi connectivity index (χ0v) is 32.9. The number of carbonyl (C=O) groups is 1. The second-order valence-electron chi connectivity index (χ2n) is 15.3. The summed E-state index contributed by atoms with van der Waals surface area (Å²) in [6.07, 6.45) is 9.08. The van der Waals surface area contributed by atoms with Gasteiger partial charge in [0, 0.05) is 43.7 Å². The van der Waals surface area contributed by atoms with E-state index in [1.54, 1.807) is 43.3 Å². The highest BCUT2D eigenvalue weighted by Gasteiger charge is 2.65. The van der Waals surface area contributed by atoms with Crippen molar-refractivity contribution < 1.29 is 43.5 Å². The Labute approximate surface area is 329 Å². The van der Waals surface area contributed by atoms with E-state index in [2.05, 4.69) is 43.8 Å². The van der Waals surface area contributed by atoms with Crippen molar-refractivity contribution >= 4 is 11.6 Å². The molecule has 0 spiro atoms. The molecule has 1 fully saturated rings. The van der Waals surface area contributed by atoms with E-state index in [9.17, 15) is 15.0 Å². The van der Waals surface area contributed by atoms with Gasteiger partial charge in [0.1, 0.15) is 30.4 Å². The number of fused-ring (bicyclic) bond motifs is 3. The van der Waals surface area contributed by atoms with Gasteiger partial charge in [0.05, 0.1) is 18.2 Å². The lowest BCUT2D eigenvalue weighted by molar-refractivity contribution is -0.252. The zero-order chi connectivity index (χ0) is 39.4. The molecule has 2 heterocycles. The van der Waals surface area contributed by atoms with Crippen LogP contribution in [0.2, 0.25) is 0 Å². The van der Waals surface area contributed by atoms with Gasteiger partial charge in [0.2, 0.25) is 12.6 Å². The van der Waals surface area contributed by atoms with Gasteiger partial charge in [0.25, 0.3) is 5.91 Å². The highest BCUT2D eigenvalue weighted by atomic mass is 16.7. The fourth-order valence-corrected chi connectivity index (χ4v) is 9.19. The normalized spacial score (nSPS) is 25.1. The number of unbranched alkanes of at least 4 members (excludes halogenated alkanes) is 2. The highest BCUT2D eigenvalue weighted by molar-refractivity contribution is 6.03. The monoisotopic (exact) mass is 766 g/mol. The SMILES string of the molecule is C=CCOC12Oc3ccc(Oc4ccc(C)c(C)c4)cc3C3C(CCCCO)C(CCCCO)C=C(C(=NOC)CC1N(C)C(=O)c1ccc4c(c1)OCO4)C32. The van der Waals surface area contributed by atoms with E-state index in [4.69, 9.17) is 28.5 Å². The lowest BCUT2D eigenvalue weighted by atomic mass is 9.55. The number of carbonyl (C=O) groups excluding carboxylic acids is 1. The zero-order valence-electron chi connectivity index (χ0n) is 32.9. The third kappa shape index (κ3) is 7.52. The smallest absolute Gasteiger partial charge is 0.254 e. The minimum atomic E-state index is -1.35. The Bertz CT molecular complexity index is 1980. The molecule has 2 aliphatic heterocycles. The van der Waals surface area contributed by atoms with E-state index in [1.165, 1.54) is 5.56 Å². The fraction of sp³-hybridized carbons (Fsp3) is 0.467. The highest BCUT2D eigenvalue weighted by Crippen LogP contribution is 2.62. The first-order chi connectivity index (χ1) is 27.2. The molecular weight excluding hydrogens is 712 g/mol. The Hall–Kier alpha value is -4.84. The number of benzene rings is 3. The number of aliphatic hydroxyl groups excluding tert-OH is 2. The van der Waals surface area contributed by atoms with Crippen LogP contribution < -0.4 is 18.9 Å². The molecule has 0 radical (unpaired) electrons. The molecule has 3 aromatic rings. The average molecular weight is 767 g/mol. The van der Waals surface area contributed by atoms with Crippen LogP contribution in [0.1, 0.15) is 77.9 Å². The number of hydrogen-bond acceptors (Lipinski definition) is 10. The van der Waals surface area contributed by atoms with Gasteiger partial charge in [-0.05, 0) is 117 Å². The molecule has 2 aliphatic carbocycles. The predicted octanol–water partition coefficient (Wildman–Crippen LogP) is 7.86. The maximum Gasteiger partial charge on any atom is 0.254 e. The molecular formula is C45H54N2O9. The van der Waals surface area contributed by atoms with Crippen molar-refractivity contribution in [2.24, 2.45) is 22.9 Å². The summed E-state index contributed by atoms with van der Waals surface area (Å²) in [5.74, 6) is 1.25. The van der Waals surface area contributed by atoms with Gasteiger partial charge < -0.3 is 43.6 Å². The number of likely N-dealkylation sites (N-methyl/N-ethyl adjacent to an activating group) is 1. The molecule has 0 saturated heterocycles. The van der Waals surface area contributed by atoms with Crippen LogP contribution in [0.25, 0.3) is 0 Å². The van der Waals surface area contributed by atoms with Crippen LogP contribution in [0.15, 0.2) is 84.1 Å². The topological polar surface area (TPSA) is 129 Å². The molecule has 1 amide bonds. The Balaban J connectivity index is 1.40. The first-order valence-electron chi connectivity index (χ1n) is 19.8. The first kappa shape index (κ1) is 39.4. The number of nitrogens with zero attached hydrogens (tertiary/aromatic N) is 2. The average Bonchev–Trinajstić information content (AvgIpc) is 3.68. The van der Waals surface area contributed by atoms with Crippen molar-refractivity contribution in [3.63, 3.8) is 0 Å². The van der Waals surface area contributed by atoms with Crippen molar-refractivity contribution in [3.8, 4) is 28.7 Å². The van der Waals surface area contributed by atoms with Crippen LogP contribution >= 0.6 is 0 Å². The number of aryl methyl sites for hydroxylation is 2. The molecule has 1 saturated carbocycles. The van der Waals surface area contributed by atoms with Crippen LogP contribution in [0.4, 0.5) is 0 Å². The summed E-state index contributed by atoms with van der Waals surface area (Å²) >= 11 is 0. The van der Waals surface area contributed by atoms with Crippen molar-refractivity contribution in [1.82, 2.24) is 4.90 Å². The van der Waals surface area contributed by atoms with Gasteiger partial charge in [-0.1, -0.05) is 36.2 Å². The predicted molar refractivity (Wildman–Crippen MR) is 213 cm³/mol. The summed E-state index contributed by atoms with van der Waals surface area (Å²) in [5, 5.41) is 24.3. The number of ether oxygens (including phenoxy) is 5. The quantitative estimate of drug-likeness (QED) is 0.0851. The van der Waals surface area contributed by atoms with E-state index < -0.39 is 17.7 Å². The van der Waals surface area contributed by atoms with Crippen LogP contribution in [-0.4, -0.2) is 79.3 Å². The van der Waals surface area contributed by atoms with E-state index in [1.807, 2.05) is 24.3 Å². The number of hydrogen-bond donors (Lipinski definition) is 2. The molecule has 11 heteroatoms. The molecule has 7 rings (SSSR count). The molecule has 0 aromatic heterocycles. The molecule has 4 aliphatic rings. The van der Waals surface area contributed by atoms with Crippen molar-refractivity contribution in [2.75, 3.05) is 40.8 Å². The van der Waals surface area contributed by atoms with E-state index in [0.717, 1.165) is 53.8 Å². The second-order valence-corrected chi connectivity index (χ2v) is 15.3. The largest absolute Gasteiger partial charge is 0.459 e. The molecule has 298 valence electrons. The van der Waals surface area contributed by atoms with Gasteiger partial charge in [0.15, 0.2) is 11.5 Å². The van der Waals surface area contributed by atoms with Gasteiger partial charge >= 0.3 is 0 Å². The van der Waals surface area contributed by atoms with Crippen molar-refractivity contribution in [2.45, 2.75) is 76.5 Å². The minimum Gasteiger partial charge on any atom is -0.459 e. The standard InChI is InChI=1S/C45H54N2O9/c1-6-21-54-45-41(47(4)44(50)31-14-17-39-40(24-31)53-27-52-39)26-37(46-51-5)35-23-30(11-7-9-19-48)34(12-8-10-20-49)42(43(35)45)36-25-33(16-18-38(36)56-45)55-32-15-13-28(2)29(3)22-32/h6,13-18,22-25,30,34,41-43,48-49H,1,7-12,19-21,26-27H2,2-5H3. The van der Waals surface area contributed by atoms with Crippen molar-refractivity contribution in [3.05, 3.63) is 101 Å². The molecule has 6 unspecified atom stereocenters. The molecule has 2 N–H and O–H groups in total. The maximum absolute atomic E-state index is 14.5. The first-order valence-corrected chi connectivity index (χ1v) is 19.8. The van der Waals surface area contributed by atoms with Gasteiger partial charge in [-0.25, -0.2) is 0 Å². The summed E-state index contributed by atoms with van der Waals surface area (Å²) in [7, 11) is 3.32. The Kier molecular flexibility index (Phi) is 12.0. The number of amides is 1. The lowest BCUT2D eigenvalue weighted by Gasteiger charge is -2.59. The van der Waals surface area contributed by atoms with Crippen LogP contribution in [-0.2, 0) is 9.57 Å².